The summed E-state index contributed by atoms with van der Waals surface area (Å²) in [5.74, 6) is 2.19. The first-order valence-electron chi connectivity index (χ1n) is 8.84. The summed E-state index contributed by atoms with van der Waals surface area (Å²) in [6, 6.07) is 0. The maximum absolute atomic E-state index is 6.67. The average molecular weight is 272 g/mol. The van der Waals surface area contributed by atoms with Gasteiger partial charge in [0, 0.05) is 0 Å². The van der Waals surface area contributed by atoms with Crippen molar-refractivity contribution in [3.8, 4) is 0 Å². The largest absolute Gasteiger partial charge is 0.0914 e. The van der Waals surface area contributed by atoms with Gasteiger partial charge in [-0.25, -0.2) is 0 Å². The van der Waals surface area contributed by atoms with E-state index in [4.69, 9.17) is 15.7 Å². The van der Waals surface area contributed by atoms with Crippen LogP contribution in [0.25, 0.3) is 0 Å². The summed E-state index contributed by atoms with van der Waals surface area (Å²) in [7, 11) is 13.3. The van der Waals surface area contributed by atoms with Crippen LogP contribution in [0, 0.1) is 23.2 Å². The molecule has 0 amide bonds. The molecule has 0 N–H and O–H groups in total. The summed E-state index contributed by atoms with van der Waals surface area (Å²) in [5.41, 5.74) is 0.0664. The van der Waals surface area contributed by atoms with Crippen molar-refractivity contribution in [3.05, 3.63) is 0 Å². The zero-order chi connectivity index (χ0) is 15.4. The fraction of sp³-hybridized carbons (Fsp3) is 1.00. The highest BCUT2D eigenvalue weighted by molar-refractivity contribution is 6.40. The second-order valence-electron chi connectivity index (χ2n) is 7.88. The summed E-state index contributed by atoms with van der Waals surface area (Å²) in [4.78, 5) is 0. The minimum atomic E-state index is -0.533. The molecular weight excluding hydrogens is 238 g/mol. The first-order chi connectivity index (χ1) is 9.26. The molecule has 0 spiro atoms. The first kappa shape index (κ1) is 18.2. The van der Waals surface area contributed by atoms with E-state index in [1.165, 1.54) is 38.5 Å². The van der Waals surface area contributed by atoms with Crippen LogP contribution in [0.4, 0.5) is 0 Å². The van der Waals surface area contributed by atoms with Gasteiger partial charge in [-0.3, -0.25) is 0 Å². The molecule has 0 aromatic rings. The van der Waals surface area contributed by atoms with Gasteiger partial charge in [0.25, 0.3) is 0 Å². The number of rotatable bonds is 9. The predicted molar refractivity (Wildman–Crippen MR) is 92.4 cm³/mol. The third-order valence-corrected chi connectivity index (χ3v) is 6.13. The lowest BCUT2D eigenvalue weighted by Crippen LogP contribution is -2.41. The van der Waals surface area contributed by atoms with Crippen molar-refractivity contribution in [1.29, 1.82) is 0 Å². The van der Waals surface area contributed by atoms with E-state index in [0.717, 1.165) is 24.7 Å². The van der Waals surface area contributed by atoms with Crippen molar-refractivity contribution < 1.29 is 0 Å². The number of hydrogen-bond donors (Lipinski definition) is 0. The first-order valence-corrected chi connectivity index (χ1v) is 8.84. The lowest BCUT2D eigenvalue weighted by atomic mass is 9.36. The van der Waals surface area contributed by atoms with E-state index < -0.39 is 5.21 Å². The highest BCUT2D eigenvalue weighted by Crippen LogP contribution is 2.54. The van der Waals surface area contributed by atoms with Crippen LogP contribution < -0.4 is 0 Å². The Bertz CT molecular complexity index is 281. The molecule has 1 saturated carbocycles. The van der Waals surface area contributed by atoms with E-state index in [1.54, 1.807) is 0 Å². The molecule has 0 aliphatic heterocycles. The molecule has 0 aromatic heterocycles. The fourth-order valence-corrected chi connectivity index (χ4v) is 4.02. The van der Waals surface area contributed by atoms with Crippen LogP contribution in [-0.2, 0) is 0 Å². The third-order valence-electron chi connectivity index (χ3n) is 6.13. The molecule has 2 atom stereocenters. The molecule has 0 saturated heterocycles. The molecule has 0 heterocycles. The highest BCUT2D eigenvalue weighted by Gasteiger charge is 2.42. The Labute approximate surface area is 130 Å². The molecule has 1 aliphatic carbocycles. The van der Waals surface area contributed by atoms with Gasteiger partial charge in [-0.05, 0) is 42.9 Å². The van der Waals surface area contributed by atoms with Gasteiger partial charge in [0.15, 0.2) is 0 Å². The standard InChI is InChI=1S/C18H34B2/c1-6-8-9-10-17(5,7-2)18(19,20)15(4)13-16-11-14(3)12-16/h14-16H,6-13H2,1-5H3. The second kappa shape index (κ2) is 7.41. The van der Waals surface area contributed by atoms with Crippen molar-refractivity contribution in [2.24, 2.45) is 23.2 Å². The number of unbranched alkanes of at least 4 members (excludes halogenated alkanes) is 2. The van der Waals surface area contributed by atoms with Crippen LogP contribution in [0.15, 0.2) is 0 Å². The SMILES string of the molecule is [B]C([B])(C(C)CC1CC(C)C1)C(C)(CC)CCCCC. The van der Waals surface area contributed by atoms with Crippen molar-refractivity contribution in [2.45, 2.75) is 91.2 Å². The fourth-order valence-electron chi connectivity index (χ4n) is 4.02. The van der Waals surface area contributed by atoms with Gasteiger partial charge in [0.2, 0.25) is 0 Å². The van der Waals surface area contributed by atoms with Crippen LogP contribution in [-0.4, -0.2) is 15.7 Å². The summed E-state index contributed by atoms with van der Waals surface area (Å²) in [5, 5.41) is -0.533. The zero-order valence-electron chi connectivity index (χ0n) is 14.5. The minimum Gasteiger partial charge on any atom is -0.0914 e. The maximum atomic E-state index is 6.67. The monoisotopic (exact) mass is 272 g/mol. The van der Waals surface area contributed by atoms with Crippen molar-refractivity contribution >= 4 is 15.7 Å². The van der Waals surface area contributed by atoms with Gasteiger partial charge in [0.1, 0.15) is 0 Å². The smallest absolute Gasteiger partial charge is 0.0631 e. The van der Waals surface area contributed by atoms with Gasteiger partial charge >= 0.3 is 0 Å². The van der Waals surface area contributed by atoms with E-state index in [0.29, 0.717) is 5.92 Å². The molecule has 0 nitrogen and oxygen atoms in total. The normalized spacial score (nSPS) is 27.6. The van der Waals surface area contributed by atoms with Crippen LogP contribution >= 0.6 is 0 Å². The van der Waals surface area contributed by atoms with Gasteiger partial charge in [-0.1, -0.05) is 71.4 Å². The highest BCUT2D eigenvalue weighted by atomic mass is 14.4. The average Bonchev–Trinajstić information content (AvgIpc) is 2.36. The lowest BCUT2D eigenvalue weighted by Gasteiger charge is -2.51. The van der Waals surface area contributed by atoms with Crippen molar-refractivity contribution in [1.82, 2.24) is 0 Å². The van der Waals surface area contributed by atoms with Crippen LogP contribution in [0.3, 0.4) is 0 Å². The molecule has 20 heavy (non-hydrogen) atoms. The van der Waals surface area contributed by atoms with Crippen molar-refractivity contribution in [3.63, 3.8) is 0 Å². The van der Waals surface area contributed by atoms with Gasteiger partial charge in [-0.15, -0.1) is 0 Å². The molecule has 4 radical (unpaired) electrons. The summed E-state index contributed by atoms with van der Waals surface area (Å²) < 4.78 is 0. The Morgan fingerprint density at radius 1 is 1.15 bits per heavy atom. The van der Waals surface area contributed by atoms with Crippen LogP contribution in [0.5, 0.6) is 0 Å². The summed E-state index contributed by atoms with van der Waals surface area (Å²) in [6.45, 7) is 11.4. The zero-order valence-corrected chi connectivity index (χ0v) is 14.5. The Kier molecular flexibility index (Phi) is 6.74. The maximum Gasteiger partial charge on any atom is 0.0631 e. The van der Waals surface area contributed by atoms with Crippen LogP contribution in [0.1, 0.15) is 86.0 Å². The lowest BCUT2D eigenvalue weighted by molar-refractivity contribution is 0.127. The molecule has 112 valence electrons. The Hall–Kier alpha value is 0.130. The second-order valence-corrected chi connectivity index (χ2v) is 7.88. The molecule has 1 rings (SSSR count). The quantitative estimate of drug-likeness (QED) is 0.383. The molecule has 0 bridgehead atoms. The van der Waals surface area contributed by atoms with E-state index in [2.05, 4.69) is 34.6 Å². The van der Waals surface area contributed by atoms with E-state index in [9.17, 15) is 0 Å². The molecule has 2 heteroatoms. The molecular formula is C18H34B2. The third kappa shape index (κ3) is 4.08. The van der Waals surface area contributed by atoms with E-state index >= 15 is 0 Å². The molecule has 1 fully saturated rings. The predicted octanol–water partition coefficient (Wildman–Crippen LogP) is 5.51. The topological polar surface area (TPSA) is 0 Å². The molecule has 2 unspecified atom stereocenters. The van der Waals surface area contributed by atoms with Gasteiger partial charge in [0.05, 0.1) is 15.7 Å². The van der Waals surface area contributed by atoms with E-state index in [-0.39, 0.29) is 5.41 Å². The Morgan fingerprint density at radius 3 is 2.20 bits per heavy atom. The number of hydrogen-bond acceptors (Lipinski definition) is 0. The van der Waals surface area contributed by atoms with Crippen LogP contribution in [0.2, 0.25) is 5.21 Å². The van der Waals surface area contributed by atoms with Gasteiger partial charge < -0.3 is 0 Å². The molecule has 1 aliphatic rings. The Morgan fingerprint density at radius 2 is 1.75 bits per heavy atom. The minimum absolute atomic E-state index is 0.0664. The summed E-state index contributed by atoms with van der Waals surface area (Å²) in [6.07, 6.45) is 10.0. The van der Waals surface area contributed by atoms with Gasteiger partial charge in [-0.2, -0.15) is 0 Å². The summed E-state index contributed by atoms with van der Waals surface area (Å²) >= 11 is 0. The van der Waals surface area contributed by atoms with Crippen molar-refractivity contribution in [2.75, 3.05) is 0 Å². The van der Waals surface area contributed by atoms with E-state index in [1.807, 2.05) is 0 Å². The molecule has 0 aromatic carbocycles. The Balaban J connectivity index is 2.61.